The van der Waals surface area contributed by atoms with E-state index in [-0.39, 0.29) is 0 Å². The Balaban J connectivity index is 1.45. The highest BCUT2D eigenvalue weighted by atomic mass is 35.5. The molecule has 0 radical (unpaired) electrons. The van der Waals surface area contributed by atoms with Gasteiger partial charge in [0.15, 0.2) is 0 Å². The summed E-state index contributed by atoms with van der Waals surface area (Å²) in [5.41, 5.74) is 11.9. The molecule has 0 atom stereocenters. The highest BCUT2D eigenvalue weighted by Crippen LogP contribution is 2.32. The van der Waals surface area contributed by atoms with Crippen LogP contribution in [-0.4, -0.2) is 40.5 Å². The number of piperazine rings is 1. The fourth-order valence-corrected chi connectivity index (χ4v) is 4.45. The predicted molar refractivity (Wildman–Crippen MR) is 129 cm³/mol. The van der Waals surface area contributed by atoms with Gasteiger partial charge < -0.3 is 15.0 Å². The van der Waals surface area contributed by atoms with Crippen molar-refractivity contribution in [2.45, 2.75) is 6.54 Å². The second kappa shape index (κ2) is 8.42. The molecule has 5 rings (SSSR count). The first-order valence-corrected chi connectivity index (χ1v) is 11.1. The van der Waals surface area contributed by atoms with Gasteiger partial charge in [-0.1, -0.05) is 47.5 Å². The van der Waals surface area contributed by atoms with Crippen LogP contribution >= 0.6 is 23.2 Å². The molecule has 0 amide bonds. The minimum atomic E-state index is 0.526. The molecule has 5 nitrogen and oxygen atoms in total. The van der Waals surface area contributed by atoms with Crippen molar-refractivity contribution in [3.05, 3.63) is 82.6 Å². The quantitative estimate of drug-likeness (QED) is 0.462. The number of aromatic nitrogens is 2. The van der Waals surface area contributed by atoms with Crippen molar-refractivity contribution in [2.75, 3.05) is 36.8 Å². The van der Waals surface area contributed by atoms with Gasteiger partial charge in [0.1, 0.15) is 5.65 Å². The summed E-state index contributed by atoms with van der Waals surface area (Å²) < 4.78 is 2.09. The van der Waals surface area contributed by atoms with Crippen LogP contribution in [0.2, 0.25) is 10.0 Å². The van der Waals surface area contributed by atoms with E-state index in [9.17, 15) is 0 Å². The van der Waals surface area contributed by atoms with Gasteiger partial charge in [0, 0.05) is 55.9 Å². The predicted octanol–water partition coefficient (Wildman–Crippen LogP) is 5.21. The number of rotatable bonds is 4. The Hall–Kier alpha value is -2.73. The van der Waals surface area contributed by atoms with Gasteiger partial charge in [-0.25, -0.2) is 4.98 Å². The van der Waals surface area contributed by atoms with Crippen molar-refractivity contribution in [1.82, 2.24) is 14.3 Å². The van der Waals surface area contributed by atoms with Crippen molar-refractivity contribution in [3.8, 4) is 11.3 Å². The maximum atomic E-state index is 6.30. The maximum Gasteiger partial charge on any atom is 0.137 e. The third-order valence-corrected chi connectivity index (χ3v) is 6.54. The van der Waals surface area contributed by atoms with Crippen LogP contribution in [0.25, 0.3) is 16.9 Å². The number of para-hydroxylation sites is 1. The van der Waals surface area contributed by atoms with E-state index in [1.54, 1.807) is 0 Å². The monoisotopic (exact) mass is 451 g/mol. The molecule has 2 aromatic heterocycles. The number of pyridine rings is 1. The van der Waals surface area contributed by atoms with Gasteiger partial charge in [-0.2, -0.15) is 0 Å². The summed E-state index contributed by atoms with van der Waals surface area (Å²) in [7, 11) is 0. The summed E-state index contributed by atoms with van der Waals surface area (Å²) in [5, 5.41) is 1.06. The first-order valence-electron chi connectivity index (χ1n) is 10.3. The summed E-state index contributed by atoms with van der Waals surface area (Å²) in [6.07, 6.45) is 1.94. The molecule has 0 spiro atoms. The summed E-state index contributed by atoms with van der Waals surface area (Å²) >= 11 is 12.4. The maximum absolute atomic E-state index is 6.30. The summed E-state index contributed by atoms with van der Waals surface area (Å²) in [4.78, 5) is 9.79. The van der Waals surface area contributed by atoms with Crippen molar-refractivity contribution in [2.24, 2.45) is 0 Å². The van der Waals surface area contributed by atoms with E-state index in [0.29, 0.717) is 15.7 Å². The number of imidazole rings is 1. The third kappa shape index (κ3) is 4.09. The molecule has 1 aliphatic rings. The largest absolute Gasteiger partial charge is 0.398 e. The average molecular weight is 452 g/mol. The number of nitrogens with zero attached hydrogens (tertiary/aromatic N) is 4. The second-order valence-electron chi connectivity index (χ2n) is 7.83. The van der Waals surface area contributed by atoms with Crippen molar-refractivity contribution >= 4 is 40.2 Å². The molecule has 1 fully saturated rings. The first-order chi connectivity index (χ1) is 15.1. The number of anilines is 2. The zero-order valence-electron chi connectivity index (χ0n) is 17.0. The van der Waals surface area contributed by atoms with E-state index in [2.05, 4.69) is 44.5 Å². The lowest BCUT2D eigenvalue weighted by atomic mass is 10.1. The van der Waals surface area contributed by atoms with Crippen LogP contribution in [0.15, 0.2) is 66.9 Å². The number of nitrogen functional groups attached to an aromatic ring is 1. The number of benzene rings is 2. The summed E-state index contributed by atoms with van der Waals surface area (Å²) in [6.45, 7) is 4.72. The Morgan fingerprint density at radius 2 is 1.65 bits per heavy atom. The van der Waals surface area contributed by atoms with Gasteiger partial charge in [0.05, 0.1) is 21.4 Å². The van der Waals surface area contributed by atoms with Gasteiger partial charge in [-0.3, -0.25) is 4.90 Å². The van der Waals surface area contributed by atoms with Crippen LogP contribution in [0.3, 0.4) is 0 Å². The van der Waals surface area contributed by atoms with Gasteiger partial charge in [-0.15, -0.1) is 0 Å². The SMILES string of the molecule is Nc1ccc2nc(-c3ccc(Cl)c(Cl)c3)c(CN3CCN(c4ccccc4)CC3)n2c1. The Labute approximate surface area is 191 Å². The van der Waals surface area contributed by atoms with Gasteiger partial charge in [0.2, 0.25) is 0 Å². The van der Waals surface area contributed by atoms with Crippen molar-refractivity contribution < 1.29 is 0 Å². The molecular weight excluding hydrogens is 429 g/mol. The van der Waals surface area contributed by atoms with E-state index in [4.69, 9.17) is 33.9 Å². The lowest BCUT2D eigenvalue weighted by molar-refractivity contribution is 0.247. The number of fused-ring (bicyclic) bond motifs is 1. The molecule has 2 N–H and O–H groups in total. The zero-order chi connectivity index (χ0) is 21.4. The lowest BCUT2D eigenvalue weighted by Gasteiger charge is -2.36. The first kappa shape index (κ1) is 20.2. The van der Waals surface area contributed by atoms with Crippen LogP contribution < -0.4 is 10.6 Å². The number of nitrogens with two attached hydrogens (primary N) is 1. The van der Waals surface area contributed by atoms with E-state index >= 15 is 0 Å². The third-order valence-electron chi connectivity index (χ3n) is 5.80. The number of halogens is 2. The Morgan fingerprint density at radius 3 is 2.39 bits per heavy atom. The zero-order valence-corrected chi connectivity index (χ0v) is 18.5. The Kier molecular flexibility index (Phi) is 5.48. The van der Waals surface area contributed by atoms with Crippen LogP contribution in [0.1, 0.15) is 5.69 Å². The normalized spacial score (nSPS) is 15.0. The molecule has 0 aliphatic carbocycles. The van der Waals surface area contributed by atoms with Crippen molar-refractivity contribution in [1.29, 1.82) is 0 Å². The van der Waals surface area contributed by atoms with Crippen LogP contribution in [0.4, 0.5) is 11.4 Å². The highest BCUT2D eigenvalue weighted by Gasteiger charge is 2.22. The fraction of sp³-hybridized carbons (Fsp3) is 0.208. The minimum absolute atomic E-state index is 0.526. The molecule has 4 aromatic rings. The molecule has 0 bridgehead atoms. The molecular formula is C24H23Cl2N5. The van der Waals surface area contributed by atoms with E-state index in [1.807, 2.05) is 36.5 Å². The molecule has 2 aromatic carbocycles. The minimum Gasteiger partial charge on any atom is -0.398 e. The lowest BCUT2D eigenvalue weighted by Crippen LogP contribution is -2.46. The summed E-state index contributed by atoms with van der Waals surface area (Å²) in [6, 6.07) is 20.1. The topological polar surface area (TPSA) is 49.8 Å². The molecule has 3 heterocycles. The second-order valence-corrected chi connectivity index (χ2v) is 8.64. The van der Waals surface area contributed by atoms with E-state index in [0.717, 1.165) is 55.3 Å². The van der Waals surface area contributed by atoms with E-state index < -0.39 is 0 Å². The Bertz CT molecular complexity index is 1210. The van der Waals surface area contributed by atoms with E-state index in [1.165, 1.54) is 5.69 Å². The molecule has 31 heavy (non-hydrogen) atoms. The van der Waals surface area contributed by atoms with Gasteiger partial charge >= 0.3 is 0 Å². The smallest absolute Gasteiger partial charge is 0.137 e. The number of hydrogen-bond donors (Lipinski definition) is 1. The number of hydrogen-bond acceptors (Lipinski definition) is 4. The van der Waals surface area contributed by atoms with Crippen LogP contribution in [-0.2, 0) is 6.54 Å². The fourth-order valence-electron chi connectivity index (χ4n) is 4.15. The molecule has 0 unspecified atom stereocenters. The van der Waals surface area contributed by atoms with Crippen LogP contribution in [0, 0.1) is 0 Å². The van der Waals surface area contributed by atoms with Crippen LogP contribution in [0.5, 0.6) is 0 Å². The molecule has 7 heteroatoms. The summed E-state index contributed by atoms with van der Waals surface area (Å²) in [5.74, 6) is 0. The average Bonchev–Trinajstić information content (AvgIpc) is 3.14. The van der Waals surface area contributed by atoms with Gasteiger partial charge in [0.25, 0.3) is 0 Å². The molecule has 1 aliphatic heterocycles. The van der Waals surface area contributed by atoms with Crippen molar-refractivity contribution in [3.63, 3.8) is 0 Å². The molecule has 158 valence electrons. The highest BCUT2D eigenvalue weighted by molar-refractivity contribution is 6.42. The molecule has 1 saturated heterocycles. The standard InChI is InChI=1S/C24H23Cl2N5/c25-20-8-6-17(14-21(20)26)24-22(31-15-18(27)7-9-23(31)28-24)16-29-10-12-30(13-11-29)19-4-2-1-3-5-19/h1-9,14-15H,10-13,16,27H2. The molecule has 0 saturated carbocycles. The van der Waals surface area contributed by atoms with Gasteiger partial charge in [-0.05, 0) is 36.4 Å². The Morgan fingerprint density at radius 1 is 0.871 bits per heavy atom.